The maximum absolute atomic E-state index is 5.85. The van der Waals surface area contributed by atoms with E-state index in [1.807, 2.05) is 0 Å². The van der Waals surface area contributed by atoms with Gasteiger partial charge in [-0.3, -0.25) is 0 Å². The molecule has 0 aliphatic heterocycles. The number of hydrogen-bond donors (Lipinski definition) is 0. The van der Waals surface area contributed by atoms with Crippen LogP contribution in [0.3, 0.4) is 0 Å². The first kappa shape index (κ1) is 21.0. The molecule has 0 radical (unpaired) electrons. The minimum absolute atomic E-state index is 0.121. The van der Waals surface area contributed by atoms with E-state index in [0.717, 1.165) is 19.3 Å². The zero-order valence-electron chi connectivity index (χ0n) is 14.5. The Labute approximate surface area is 142 Å². The number of thiocarbonyl (C=S) groups is 1. The molecule has 0 bridgehead atoms. The number of unbranched alkanes of at least 4 members (excludes halogenated alkanes) is 5. The van der Waals surface area contributed by atoms with Crippen molar-refractivity contribution in [2.24, 2.45) is 10.2 Å². The average Bonchev–Trinajstić information content (AvgIpc) is 2.38. The molecule has 0 amide bonds. The first-order valence-corrected chi connectivity index (χ1v) is 9.09. The van der Waals surface area contributed by atoms with Crippen LogP contribution in [0.2, 0.25) is 0 Å². The molecule has 0 heterocycles. The lowest BCUT2D eigenvalue weighted by Crippen LogP contribution is -2.23. The van der Waals surface area contributed by atoms with E-state index in [4.69, 9.17) is 23.8 Å². The van der Waals surface area contributed by atoms with Crippen molar-refractivity contribution >= 4 is 28.1 Å². The van der Waals surface area contributed by atoms with Crippen LogP contribution >= 0.6 is 23.8 Å². The normalized spacial score (nSPS) is 15.3. The highest BCUT2D eigenvalue weighted by Gasteiger charge is 2.24. The Bertz CT molecular complexity index is 323. The molecule has 0 spiro atoms. The van der Waals surface area contributed by atoms with Gasteiger partial charge in [0.15, 0.2) is 0 Å². The van der Waals surface area contributed by atoms with Gasteiger partial charge in [0.25, 0.3) is 0 Å². The van der Waals surface area contributed by atoms with E-state index >= 15 is 0 Å². The number of nitrogens with zero attached hydrogens (tertiary/aromatic N) is 2. The minimum atomic E-state index is -0.128. The van der Waals surface area contributed by atoms with Crippen molar-refractivity contribution in [1.82, 2.24) is 0 Å². The highest BCUT2D eigenvalue weighted by Crippen LogP contribution is 2.28. The van der Waals surface area contributed by atoms with Crippen molar-refractivity contribution in [3.63, 3.8) is 0 Å². The summed E-state index contributed by atoms with van der Waals surface area (Å²) in [6, 6.07) is 0. The second-order valence-electron chi connectivity index (χ2n) is 7.24. The summed E-state index contributed by atoms with van der Waals surface area (Å²) in [7, 11) is 0. The minimum Gasteiger partial charge on any atom is -0.188 e. The fraction of sp³-hybridized carbons (Fsp3) is 0.941. The van der Waals surface area contributed by atoms with Crippen LogP contribution in [0.4, 0.5) is 0 Å². The van der Waals surface area contributed by atoms with Gasteiger partial charge in [0.05, 0.1) is 15.4 Å². The lowest BCUT2D eigenvalue weighted by Gasteiger charge is -2.25. The fourth-order valence-electron chi connectivity index (χ4n) is 2.15. The summed E-state index contributed by atoms with van der Waals surface area (Å²) in [5.74, 6) is 0. The van der Waals surface area contributed by atoms with E-state index in [0.29, 0.717) is 4.32 Å². The first-order chi connectivity index (χ1) is 9.68. The Balaban J connectivity index is 4.37. The Kier molecular flexibility index (Phi) is 10.7. The maximum atomic E-state index is 5.85. The van der Waals surface area contributed by atoms with Crippen LogP contribution in [0.25, 0.3) is 0 Å². The van der Waals surface area contributed by atoms with Gasteiger partial charge in [0.2, 0.25) is 0 Å². The SMILES string of the molecule is CCCCCCCCC(C)(CCC(=S)Cl)/N=N/C(C)(C)C. The molecule has 0 aromatic rings. The van der Waals surface area contributed by atoms with Gasteiger partial charge < -0.3 is 0 Å². The monoisotopic (exact) mass is 332 g/mol. The third-order valence-electron chi connectivity index (χ3n) is 3.52. The highest BCUT2D eigenvalue weighted by atomic mass is 35.5. The van der Waals surface area contributed by atoms with Crippen molar-refractivity contribution in [1.29, 1.82) is 0 Å². The molecule has 21 heavy (non-hydrogen) atoms. The molecule has 0 saturated carbocycles. The smallest absolute Gasteiger partial charge is 0.0809 e. The van der Waals surface area contributed by atoms with Gasteiger partial charge in [0.1, 0.15) is 0 Å². The van der Waals surface area contributed by atoms with Gasteiger partial charge in [-0.05, 0) is 47.0 Å². The zero-order chi connectivity index (χ0) is 16.4. The summed E-state index contributed by atoms with van der Waals surface area (Å²) in [6.45, 7) is 10.7. The van der Waals surface area contributed by atoms with Gasteiger partial charge in [-0.25, -0.2) is 0 Å². The van der Waals surface area contributed by atoms with E-state index < -0.39 is 0 Å². The Morgan fingerprint density at radius 1 is 0.905 bits per heavy atom. The highest BCUT2D eigenvalue weighted by molar-refractivity contribution is 7.83. The molecule has 0 aliphatic rings. The molecule has 0 saturated heterocycles. The number of azo groups is 1. The summed E-state index contributed by atoms with van der Waals surface area (Å²) >= 11 is 10.8. The molecule has 0 rings (SSSR count). The summed E-state index contributed by atoms with van der Waals surface area (Å²) < 4.78 is 0.551. The van der Waals surface area contributed by atoms with Crippen LogP contribution < -0.4 is 0 Å². The predicted octanol–water partition coefficient (Wildman–Crippen LogP) is 7.09. The van der Waals surface area contributed by atoms with Gasteiger partial charge in [-0.2, -0.15) is 10.2 Å². The predicted molar refractivity (Wildman–Crippen MR) is 98.7 cm³/mol. The Morgan fingerprint density at radius 3 is 2.00 bits per heavy atom. The average molecular weight is 333 g/mol. The Hall–Kier alpha value is -0.0200. The summed E-state index contributed by atoms with van der Waals surface area (Å²) in [6.07, 6.45) is 10.5. The van der Waals surface area contributed by atoms with Crippen LogP contribution in [0.5, 0.6) is 0 Å². The molecule has 0 aromatic carbocycles. The Morgan fingerprint density at radius 2 is 1.48 bits per heavy atom. The van der Waals surface area contributed by atoms with Crippen molar-refractivity contribution in [3.05, 3.63) is 0 Å². The second kappa shape index (κ2) is 10.7. The summed E-state index contributed by atoms with van der Waals surface area (Å²) in [4.78, 5) is 0. The summed E-state index contributed by atoms with van der Waals surface area (Å²) in [5.41, 5.74) is -0.249. The van der Waals surface area contributed by atoms with Gasteiger partial charge in [-0.15, -0.1) is 0 Å². The molecule has 0 N–H and O–H groups in total. The van der Waals surface area contributed by atoms with E-state index in [2.05, 4.69) is 44.8 Å². The van der Waals surface area contributed by atoms with Crippen molar-refractivity contribution < 1.29 is 0 Å². The third kappa shape index (κ3) is 13.4. The number of rotatable bonds is 11. The molecule has 2 nitrogen and oxygen atoms in total. The lowest BCUT2D eigenvalue weighted by molar-refractivity contribution is 0.353. The van der Waals surface area contributed by atoms with E-state index in [1.165, 1.54) is 38.5 Å². The molecule has 0 aliphatic carbocycles. The largest absolute Gasteiger partial charge is 0.188 e. The number of hydrogen-bond acceptors (Lipinski definition) is 3. The van der Waals surface area contributed by atoms with Crippen molar-refractivity contribution in [2.75, 3.05) is 0 Å². The lowest BCUT2D eigenvalue weighted by atomic mass is 9.90. The van der Waals surface area contributed by atoms with E-state index in [1.54, 1.807) is 0 Å². The first-order valence-electron chi connectivity index (χ1n) is 8.31. The molecule has 1 atom stereocenters. The van der Waals surface area contributed by atoms with Gasteiger partial charge >= 0.3 is 0 Å². The summed E-state index contributed by atoms with van der Waals surface area (Å²) in [5, 5.41) is 9.11. The van der Waals surface area contributed by atoms with Crippen LogP contribution in [0.15, 0.2) is 10.2 Å². The number of halogens is 1. The topological polar surface area (TPSA) is 24.7 Å². The van der Waals surface area contributed by atoms with Crippen LogP contribution in [0.1, 0.15) is 92.4 Å². The van der Waals surface area contributed by atoms with E-state index in [9.17, 15) is 0 Å². The van der Waals surface area contributed by atoms with Crippen molar-refractivity contribution in [2.45, 2.75) is 103 Å². The molecule has 0 aromatic heterocycles. The van der Waals surface area contributed by atoms with Gasteiger partial charge in [-0.1, -0.05) is 69.3 Å². The standard InChI is InChI=1S/C17H33ClN2S/c1-6-7-8-9-10-11-13-17(5,14-12-15(18)21)20-19-16(2,3)4/h6-14H2,1-5H3/b20-19+. The van der Waals surface area contributed by atoms with Crippen LogP contribution in [-0.4, -0.2) is 15.4 Å². The molecular weight excluding hydrogens is 300 g/mol. The molecule has 4 heteroatoms. The van der Waals surface area contributed by atoms with Crippen LogP contribution in [0, 0.1) is 0 Å². The zero-order valence-corrected chi connectivity index (χ0v) is 16.1. The van der Waals surface area contributed by atoms with Gasteiger partial charge in [0, 0.05) is 0 Å². The fourth-order valence-corrected chi connectivity index (χ4v) is 2.35. The molecule has 124 valence electrons. The third-order valence-corrected chi connectivity index (χ3v) is 3.91. The van der Waals surface area contributed by atoms with E-state index in [-0.39, 0.29) is 11.1 Å². The molecular formula is C17H33ClN2S. The quantitative estimate of drug-likeness (QED) is 0.171. The second-order valence-corrected chi connectivity index (χ2v) is 8.41. The molecule has 1 unspecified atom stereocenters. The van der Waals surface area contributed by atoms with Crippen molar-refractivity contribution in [3.8, 4) is 0 Å². The van der Waals surface area contributed by atoms with Crippen LogP contribution in [-0.2, 0) is 0 Å². The maximum Gasteiger partial charge on any atom is 0.0809 e. The molecule has 0 fully saturated rings.